The summed E-state index contributed by atoms with van der Waals surface area (Å²) in [6.07, 6.45) is 0. The Hall–Kier alpha value is -2.03. The third-order valence-electron chi connectivity index (χ3n) is 3.37. The summed E-state index contributed by atoms with van der Waals surface area (Å²) in [6.45, 7) is 1.71. The second kappa shape index (κ2) is 4.76. The molecule has 2 aromatic carbocycles. The van der Waals surface area contributed by atoms with Crippen LogP contribution in [0, 0.1) is 11.3 Å². The summed E-state index contributed by atoms with van der Waals surface area (Å²) in [6, 6.07) is 11.3. The molecule has 1 atom stereocenters. The smallest absolute Gasteiger partial charge is 0.214 e. The number of sulfone groups is 1. The van der Waals surface area contributed by atoms with E-state index in [4.69, 9.17) is 21.6 Å². The van der Waals surface area contributed by atoms with Gasteiger partial charge < -0.3 is 4.74 Å². The maximum Gasteiger partial charge on any atom is 0.214 e. The topological polar surface area (TPSA) is 67.2 Å². The Kier molecular flexibility index (Phi) is 3.16. The maximum atomic E-state index is 12.7. The Bertz CT molecular complexity index is 884. The van der Waals surface area contributed by atoms with Crippen LogP contribution in [0.25, 0.3) is 0 Å². The van der Waals surface area contributed by atoms with E-state index in [1.165, 1.54) is 18.2 Å². The number of hydrogen-bond acceptors (Lipinski definition) is 4. The Morgan fingerprint density at radius 1 is 1.14 bits per heavy atom. The molecule has 21 heavy (non-hydrogen) atoms. The van der Waals surface area contributed by atoms with Crippen LogP contribution >= 0.6 is 11.6 Å². The third-order valence-corrected chi connectivity index (χ3v) is 5.40. The molecule has 0 aromatic heterocycles. The SMILES string of the molecule is CC(C#N)c1ccc2c(c1)S(=O)(=O)c1cc(Cl)ccc1O2. The number of hydrogen-bond donors (Lipinski definition) is 0. The van der Waals surface area contributed by atoms with Crippen molar-refractivity contribution in [2.24, 2.45) is 0 Å². The molecule has 1 heterocycles. The molecule has 0 saturated heterocycles. The standard InChI is InChI=1S/C15H10ClNO3S/c1-9(8-17)10-2-4-12-14(6-10)21(18,19)15-7-11(16)3-5-13(15)20-12/h2-7,9H,1H3. The van der Waals surface area contributed by atoms with Crippen LogP contribution in [0.2, 0.25) is 5.02 Å². The van der Waals surface area contributed by atoms with Crippen molar-refractivity contribution in [1.29, 1.82) is 5.26 Å². The minimum atomic E-state index is -3.71. The van der Waals surface area contributed by atoms with Gasteiger partial charge in [0.1, 0.15) is 21.3 Å². The third kappa shape index (κ3) is 2.17. The summed E-state index contributed by atoms with van der Waals surface area (Å²) in [7, 11) is -3.71. The molecule has 6 heteroatoms. The summed E-state index contributed by atoms with van der Waals surface area (Å²) in [4.78, 5) is 0.112. The lowest BCUT2D eigenvalue weighted by Crippen LogP contribution is -2.11. The predicted molar refractivity (Wildman–Crippen MR) is 77.4 cm³/mol. The molecule has 4 nitrogen and oxygen atoms in total. The van der Waals surface area contributed by atoms with Crippen LogP contribution in [-0.4, -0.2) is 8.42 Å². The predicted octanol–water partition coefficient (Wildman–Crippen LogP) is 3.91. The second-order valence-electron chi connectivity index (χ2n) is 4.75. The van der Waals surface area contributed by atoms with Crippen LogP contribution in [0.3, 0.4) is 0 Å². The van der Waals surface area contributed by atoms with Crippen molar-refractivity contribution in [1.82, 2.24) is 0 Å². The van der Waals surface area contributed by atoms with Gasteiger partial charge in [-0.05, 0) is 42.8 Å². The number of fused-ring (bicyclic) bond motifs is 2. The van der Waals surface area contributed by atoms with E-state index in [2.05, 4.69) is 6.07 Å². The van der Waals surface area contributed by atoms with Crippen molar-refractivity contribution in [2.45, 2.75) is 22.6 Å². The van der Waals surface area contributed by atoms with Gasteiger partial charge in [0.2, 0.25) is 9.84 Å². The Balaban J connectivity index is 2.24. The van der Waals surface area contributed by atoms with E-state index in [1.807, 2.05) is 0 Å². The van der Waals surface area contributed by atoms with E-state index in [0.29, 0.717) is 10.6 Å². The molecular formula is C15H10ClNO3S. The van der Waals surface area contributed by atoms with Gasteiger partial charge in [-0.3, -0.25) is 0 Å². The second-order valence-corrected chi connectivity index (χ2v) is 7.08. The Morgan fingerprint density at radius 3 is 2.43 bits per heavy atom. The van der Waals surface area contributed by atoms with Crippen molar-refractivity contribution in [3.63, 3.8) is 0 Å². The molecule has 0 bridgehead atoms. The van der Waals surface area contributed by atoms with Gasteiger partial charge in [0.25, 0.3) is 0 Å². The van der Waals surface area contributed by atoms with Crippen molar-refractivity contribution in [2.75, 3.05) is 0 Å². The van der Waals surface area contributed by atoms with Gasteiger partial charge in [-0.1, -0.05) is 17.7 Å². The molecule has 1 unspecified atom stereocenters. The highest BCUT2D eigenvalue weighted by atomic mass is 35.5. The van der Waals surface area contributed by atoms with Gasteiger partial charge >= 0.3 is 0 Å². The van der Waals surface area contributed by atoms with Crippen molar-refractivity contribution >= 4 is 21.4 Å². The monoisotopic (exact) mass is 319 g/mol. The van der Waals surface area contributed by atoms with Gasteiger partial charge in [0.05, 0.1) is 12.0 Å². The first kappa shape index (κ1) is 13.9. The van der Waals surface area contributed by atoms with E-state index < -0.39 is 15.8 Å². The molecular weight excluding hydrogens is 310 g/mol. The first-order valence-corrected chi connectivity index (χ1v) is 8.05. The molecule has 0 amide bonds. The minimum absolute atomic E-state index is 0.0456. The Labute approximate surface area is 127 Å². The fraction of sp³-hybridized carbons (Fsp3) is 0.133. The molecule has 0 N–H and O–H groups in total. The lowest BCUT2D eigenvalue weighted by Gasteiger charge is -2.21. The highest BCUT2D eigenvalue weighted by Gasteiger charge is 2.32. The summed E-state index contributed by atoms with van der Waals surface area (Å²) in [5, 5.41) is 9.29. The first-order valence-electron chi connectivity index (χ1n) is 6.19. The zero-order valence-corrected chi connectivity index (χ0v) is 12.6. The molecule has 0 spiro atoms. The number of nitriles is 1. The van der Waals surface area contributed by atoms with Crippen molar-refractivity contribution in [3.05, 3.63) is 47.0 Å². The van der Waals surface area contributed by atoms with Crippen LogP contribution in [0.1, 0.15) is 18.4 Å². The molecule has 0 fully saturated rings. The number of rotatable bonds is 1. The highest BCUT2D eigenvalue weighted by Crippen LogP contribution is 2.44. The van der Waals surface area contributed by atoms with Gasteiger partial charge in [0.15, 0.2) is 0 Å². The summed E-state index contributed by atoms with van der Waals surface area (Å²) < 4.78 is 31.0. The molecule has 106 valence electrons. The first-order chi connectivity index (χ1) is 9.93. The van der Waals surface area contributed by atoms with E-state index in [1.54, 1.807) is 25.1 Å². The zero-order valence-electron chi connectivity index (χ0n) is 11.0. The Morgan fingerprint density at radius 2 is 1.76 bits per heavy atom. The average molecular weight is 320 g/mol. The average Bonchev–Trinajstić information content (AvgIpc) is 2.47. The fourth-order valence-corrected chi connectivity index (χ4v) is 3.97. The van der Waals surface area contributed by atoms with Crippen LogP contribution in [0.5, 0.6) is 11.5 Å². The lowest BCUT2D eigenvalue weighted by atomic mass is 10.0. The van der Waals surface area contributed by atoms with E-state index >= 15 is 0 Å². The van der Waals surface area contributed by atoms with Gasteiger partial charge in [-0.15, -0.1) is 0 Å². The fourth-order valence-electron chi connectivity index (χ4n) is 2.18. The van der Waals surface area contributed by atoms with E-state index in [9.17, 15) is 8.42 Å². The van der Waals surface area contributed by atoms with Crippen LogP contribution in [0.15, 0.2) is 46.2 Å². The summed E-state index contributed by atoms with van der Waals surface area (Å²) in [5.74, 6) is 0.123. The molecule has 3 rings (SSSR count). The molecule has 2 aromatic rings. The number of benzene rings is 2. The summed E-state index contributed by atoms with van der Waals surface area (Å²) in [5.41, 5.74) is 0.633. The van der Waals surface area contributed by atoms with Crippen molar-refractivity contribution in [3.8, 4) is 17.6 Å². The summed E-state index contributed by atoms with van der Waals surface area (Å²) >= 11 is 5.87. The molecule has 0 radical (unpaired) electrons. The van der Waals surface area contributed by atoms with Gasteiger partial charge in [-0.2, -0.15) is 5.26 Å². The lowest BCUT2D eigenvalue weighted by molar-refractivity contribution is 0.442. The van der Waals surface area contributed by atoms with Crippen LogP contribution in [-0.2, 0) is 9.84 Å². The van der Waals surface area contributed by atoms with Crippen LogP contribution < -0.4 is 4.74 Å². The largest absolute Gasteiger partial charge is 0.455 e. The number of ether oxygens (including phenoxy) is 1. The molecule has 1 aliphatic rings. The van der Waals surface area contributed by atoms with Crippen molar-refractivity contribution < 1.29 is 13.2 Å². The highest BCUT2D eigenvalue weighted by molar-refractivity contribution is 7.91. The van der Waals surface area contributed by atoms with Crippen LogP contribution in [0.4, 0.5) is 0 Å². The maximum absolute atomic E-state index is 12.7. The number of halogens is 1. The normalized spacial score (nSPS) is 16.0. The zero-order chi connectivity index (χ0) is 15.2. The van der Waals surface area contributed by atoms with E-state index in [0.717, 1.165) is 0 Å². The number of nitrogens with zero attached hydrogens (tertiary/aromatic N) is 1. The van der Waals surface area contributed by atoms with Gasteiger partial charge in [-0.25, -0.2) is 8.42 Å². The van der Waals surface area contributed by atoms with E-state index in [-0.39, 0.29) is 21.3 Å². The molecule has 1 aliphatic heterocycles. The molecule has 0 aliphatic carbocycles. The molecule has 0 saturated carbocycles. The minimum Gasteiger partial charge on any atom is -0.455 e. The van der Waals surface area contributed by atoms with Gasteiger partial charge in [0, 0.05) is 5.02 Å². The quantitative estimate of drug-likeness (QED) is 0.682.